The summed E-state index contributed by atoms with van der Waals surface area (Å²) in [6.07, 6.45) is 0. The lowest BCUT2D eigenvalue weighted by Crippen LogP contribution is -2.38. The van der Waals surface area contributed by atoms with Gasteiger partial charge in [-0.1, -0.05) is 35.9 Å². The predicted molar refractivity (Wildman–Crippen MR) is 158 cm³/mol. The van der Waals surface area contributed by atoms with Crippen LogP contribution in [0.3, 0.4) is 0 Å². The average Bonchev–Trinajstić information content (AvgIpc) is 2.96. The molecule has 2 N–H and O–H groups in total. The molecule has 0 bridgehead atoms. The lowest BCUT2D eigenvalue weighted by molar-refractivity contribution is -0.114. The Hall–Kier alpha value is -4.26. The number of halogens is 1. The summed E-state index contributed by atoms with van der Waals surface area (Å²) < 4.78 is 66.7. The van der Waals surface area contributed by atoms with E-state index in [1.54, 1.807) is 48.5 Å². The van der Waals surface area contributed by atoms with Crippen molar-refractivity contribution < 1.29 is 31.1 Å². The van der Waals surface area contributed by atoms with Crippen LogP contribution in [0, 0.1) is 0 Å². The number of hydrogen-bond donors (Lipinski definition) is 2. The minimum Gasteiger partial charge on any atom is -0.493 e. The Morgan fingerprint density at radius 3 is 2.05 bits per heavy atom. The largest absolute Gasteiger partial charge is 0.493 e. The molecule has 0 aliphatic heterocycles. The number of anilines is 3. The standard InChI is InChI=1S/C28H26ClN3O7S2/c1-38-26-16-15-25(18-27(26)39-2)41(36,37)32(23-9-4-3-5-10-23)19-28(33)30-21-11-13-24(14-12-21)40(34,35)31-22-8-6-7-20(29)17-22/h3-18,31H,19H2,1-2H3,(H,30,33). The van der Waals surface area contributed by atoms with Gasteiger partial charge < -0.3 is 14.8 Å². The minimum absolute atomic E-state index is 0.0441. The highest BCUT2D eigenvalue weighted by Crippen LogP contribution is 2.32. The van der Waals surface area contributed by atoms with Gasteiger partial charge in [0.25, 0.3) is 20.0 Å². The maximum atomic E-state index is 13.7. The predicted octanol–water partition coefficient (Wildman–Crippen LogP) is 4.99. The molecule has 0 radical (unpaired) electrons. The van der Waals surface area contributed by atoms with Gasteiger partial charge in [0.1, 0.15) is 6.54 Å². The van der Waals surface area contributed by atoms with Crippen LogP contribution in [0.25, 0.3) is 0 Å². The topological polar surface area (TPSA) is 131 Å². The lowest BCUT2D eigenvalue weighted by Gasteiger charge is -2.24. The van der Waals surface area contributed by atoms with Crippen molar-refractivity contribution in [1.82, 2.24) is 0 Å². The molecule has 1 amide bonds. The molecule has 0 heterocycles. The van der Waals surface area contributed by atoms with E-state index in [0.29, 0.717) is 16.5 Å². The first-order valence-corrected chi connectivity index (χ1v) is 15.3. The average molecular weight is 616 g/mol. The van der Waals surface area contributed by atoms with E-state index < -0.39 is 32.5 Å². The van der Waals surface area contributed by atoms with Crippen LogP contribution in [-0.2, 0) is 24.8 Å². The Labute approximate surface area is 243 Å². The Balaban J connectivity index is 1.54. The number of hydrogen-bond acceptors (Lipinski definition) is 7. The molecule has 4 aromatic rings. The van der Waals surface area contributed by atoms with Gasteiger partial charge >= 0.3 is 0 Å². The monoisotopic (exact) mass is 615 g/mol. The zero-order valence-corrected chi connectivity index (χ0v) is 24.3. The summed E-state index contributed by atoms with van der Waals surface area (Å²) in [7, 11) is -5.31. The van der Waals surface area contributed by atoms with E-state index in [1.165, 1.54) is 62.8 Å². The number of nitrogens with one attached hydrogen (secondary N) is 2. The molecule has 0 aromatic heterocycles. The number of benzene rings is 4. The van der Waals surface area contributed by atoms with Crippen molar-refractivity contribution in [3.8, 4) is 11.5 Å². The number of rotatable bonds is 11. The second kappa shape index (κ2) is 12.5. The van der Waals surface area contributed by atoms with Crippen LogP contribution in [0.15, 0.2) is 107 Å². The highest BCUT2D eigenvalue weighted by molar-refractivity contribution is 7.93. The van der Waals surface area contributed by atoms with Crippen molar-refractivity contribution in [1.29, 1.82) is 0 Å². The third kappa shape index (κ3) is 7.09. The van der Waals surface area contributed by atoms with Crippen LogP contribution in [0.2, 0.25) is 5.02 Å². The highest BCUT2D eigenvalue weighted by atomic mass is 35.5. The number of amides is 1. The molecular weight excluding hydrogens is 590 g/mol. The summed E-state index contributed by atoms with van der Waals surface area (Å²) in [5, 5.41) is 3.00. The fourth-order valence-electron chi connectivity index (χ4n) is 3.83. The summed E-state index contributed by atoms with van der Waals surface area (Å²) in [5.74, 6) is -0.0832. The molecule has 0 aliphatic carbocycles. The van der Waals surface area contributed by atoms with E-state index in [-0.39, 0.29) is 26.9 Å². The lowest BCUT2D eigenvalue weighted by atomic mass is 10.3. The molecule has 10 nitrogen and oxygen atoms in total. The maximum Gasteiger partial charge on any atom is 0.264 e. The van der Waals surface area contributed by atoms with E-state index in [4.69, 9.17) is 21.1 Å². The summed E-state index contributed by atoms with van der Waals surface area (Å²) >= 11 is 5.93. The first-order chi connectivity index (χ1) is 19.5. The van der Waals surface area contributed by atoms with Crippen LogP contribution in [0.5, 0.6) is 11.5 Å². The molecule has 4 aromatic carbocycles. The number of sulfonamides is 2. The van der Waals surface area contributed by atoms with Crippen LogP contribution in [-0.4, -0.2) is 43.5 Å². The fourth-order valence-corrected chi connectivity index (χ4v) is 6.50. The summed E-state index contributed by atoms with van der Waals surface area (Å²) in [6.45, 7) is -0.558. The number of ether oxygens (including phenoxy) is 2. The molecule has 0 spiro atoms. The second-order valence-electron chi connectivity index (χ2n) is 8.55. The molecule has 0 unspecified atom stereocenters. The van der Waals surface area contributed by atoms with Crippen molar-refractivity contribution in [2.75, 3.05) is 35.1 Å². The zero-order chi connectivity index (χ0) is 29.6. The van der Waals surface area contributed by atoms with Gasteiger partial charge in [0.15, 0.2) is 11.5 Å². The Kier molecular flexibility index (Phi) is 9.06. The molecule has 0 atom stereocenters. The summed E-state index contributed by atoms with van der Waals surface area (Å²) in [5.41, 5.74) is 0.839. The van der Waals surface area contributed by atoms with Crippen LogP contribution < -0.4 is 23.8 Å². The number of carbonyl (C=O) groups is 1. The van der Waals surface area contributed by atoms with E-state index in [1.807, 2.05) is 0 Å². The number of nitrogens with zero attached hydrogens (tertiary/aromatic N) is 1. The van der Waals surface area contributed by atoms with Gasteiger partial charge in [0.05, 0.1) is 35.4 Å². The van der Waals surface area contributed by atoms with Crippen molar-refractivity contribution in [2.24, 2.45) is 0 Å². The molecule has 0 saturated carbocycles. The first kappa shape index (κ1) is 29.7. The smallest absolute Gasteiger partial charge is 0.264 e. The van der Waals surface area contributed by atoms with Crippen LogP contribution >= 0.6 is 11.6 Å². The molecule has 13 heteroatoms. The number of carbonyl (C=O) groups excluding carboxylic acids is 1. The molecule has 0 saturated heterocycles. The third-order valence-corrected chi connectivity index (χ3v) is 9.20. The Morgan fingerprint density at radius 2 is 1.41 bits per heavy atom. The Morgan fingerprint density at radius 1 is 0.756 bits per heavy atom. The summed E-state index contributed by atoms with van der Waals surface area (Å²) in [4.78, 5) is 12.9. The highest BCUT2D eigenvalue weighted by Gasteiger charge is 2.28. The van der Waals surface area contributed by atoms with Gasteiger partial charge in [-0.2, -0.15) is 0 Å². The van der Waals surface area contributed by atoms with Crippen LogP contribution in [0.4, 0.5) is 17.1 Å². The maximum absolute atomic E-state index is 13.7. The third-order valence-electron chi connectivity index (χ3n) is 5.80. The van der Waals surface area contributed by atoms with Crippen molar-refractivity contribution in [3.05, 3.63) is 102 Å². The van der Waals surface area contributed by atoms with E-state index >= 15 is 0 Å². The van der Waals surface area contributed by atoms with Crippen molar-refractivity contribution >= 4 is 54.6 Å². The molecule has 4 rings (SSSR count). The molecular formula is C28H26ClN3O7S2. The zero-order valence-electron chi connectivity index (χ0n) is 21.9. The quantitative estimate of drug-likeness (QED) is 0.243. The van der Waals surface area contributed by atoms with Crippen molar-refractivity contribution in [2.45, 2.75) is 9.79 Å². The molecule has 41 heavy (non-hydrogen) atoms. The number of para-hydroxylation sites is 1. The SMILES string of the molecule is COc1ccc(S(=O)(=O)N(CC(=O)Nc2ccc(S(=O)(=O)Nc3cccc(Cl)c3)cc2)c2ccccc2)cc1OC. The minimum atomic E-state index is -4.22. The van der Waals surface area contributed by atoms with Gasteiger partial charge in [0.2, 0.25) is 5.91 Å². The van der Waals surface area contributed by atoms with Gasteiger partial charge in [-0.05, 0) is 66.7 Å². The van der Waals surface area contributed by atoms with E-state index in [9.17, 15) is 21.6 Å². The van der Waals surface area contributed by atoms with Gasteiger partial charge in [-0.15, -0.1) is 0 Å². The Bertz CT molecular complexity index is 1750. The second-order valence-corrected chi connectivity index (χ2v) is 12.5. The van der Waals surface area contributed by atoms with Crippen LogP contribution in [0.1, 0.15) is 0 Å². The number of methoxy groups -OCH3 is 2. The summed E-state index contributed by atoms with van der Waals surface area (Å²) in [6, 6.07) is 24.0. The van der Waals surface area contributed by atoms with Gasteiger partial charge in [0, 0.05) is 16.8 Å². The molecule has 0 fully saturated rings. The van der Waals surface area contributed by atoms with Crippen molar-refractivity contribution in [3.63, 3.8) is 0 Å². The van der Waals surface area contributed by atoms with E-state index in [2.05, 4.69) is 10.0 Å². The van der Waals surface area contributed by atoms with Gasteiger partial charge in [-0.25, -0.2) is 16.8 Å². The molecule has 214 valence electrons. The van der Waals surface area contributed by atoms with E-state index in [0.717, 1.165) is 4.31 Å². The normalized spacial score (nSPS) is 11.4. The first-order valence-electron chi connectivity index (χ1n) is 12.0. The molecule has 0 aliphatic rings. The fraction of sp³-hybridized carbons (Fsp3) is 0.107. The van der Waals surface area contributed by atoms with Gasteiger partial charge in [-0.3, -0.25) is 13.8 Å².